The lowest BCUT2D eigenvalue weighted by molar-refractivity contribution is -0.0511. The largest absolute Gasteiger partial charge is 0.479 e. The van der Waals surface area contributed by atoms with Crippen LogP contribution in [0.2, 0.25) is 0 Å². The molecule has 0 aromatic carbocycles. The Balaban J connectivity index is 2.07. The van der Waals surface area contributed by atoms with E-state index in [9.17, 15) is 10.2 Å². The highest BCUT2D eigenvalue weighted by atomic mass is 16.6. The van der Waals surface area contributed by atoms with Gasteiger partial charge in [0.1, 0.15) is 18.3 Å². The Morgan fingerprint density at radius 3 is 2.76 bits per heavy atom. The van der Waals surface area contributed by atoms with Crippen molar-refractivity contribution in [1.82, 2.24) is 19.5 Å². The first-order chi connectivity index (χ1) is 10.1. The molecular formula is C11H15N5O5. The number of nitrogens with two attached hydrogens (primary N) is 1. The average molecular weight is 297 g/mol. The maximum atomic E-state index is 10.0. The zero-order chi connectivity index (χ0) is 15.1. The van der Waals surface area contributed by atoms with E-state index in [0.717, 1.165) is 0 Å². The van der Waals surface area contributed by atoms with Gasteiger partial charge in [-0.1, -0.05) is 0 Å². The minimum atomic E-state index is -1.23. The molecule has 2 aromatic heterocycles. The van der Waals surface area contributed by atoms with Gasteiger partial charge in [-0.3, -0.25) is 4.57 Å². The van der Waals surface area contributed by atoms with E-state index in [0.29, 0.717) is 11.2 Å². The number of imidazole rings is 1. The summed E-state index contributed by atoms with van der Waals surface area (Å²) in [5.41, 5.74) is 6.26. The molecular weight excluding hydrogens is 282 g/mol. The Morgan fingerprint density at radius 1 is 1.38 bits per heavy atom. The Hall–Kier alpha value is -2.01. The number of rotatable bonds is 3. The molecule has 0 amide bonds. The smallest absolute Gasteiger partial charge is 0.246 e. The van der Waals surface area contributed by atoms with Gasteiger partial charge in [-0.25, -0.2) is 4.98 Å². The van der Waals surface area contributed by atoms with E-state index in [2.05, 4.69) is 15.0 Å². The van der Waals surface area contributed by atoms with Crippen molar-refractivity contribution in [3.05, 3.63) is 6.33 Å². The summed E-state index contributed by atoms with van der Waals surface area (Å²) in [7, 11) is 1.42. The van der Waals surface area contributed by atoms with Crippen LogP contribution in [0.5, 0.6) is 5.88 Å². The number of aliphatic hydroxyl groups is 3. The topological polar surface area (TPSA) is 149 Å². The Kier molecular flexibility index (Phi) is 3.37. The molecule has 1 aliphatic heterocycles. The summed E-state index contributed by atoms with van der Waals surface area (Å²) in [4.78, 5) is 12.1. The third-order valence-corrected chi connectivity index (χ3v) is 3.39. The predicted octanol–water partition coefficient (Wildman–Crippen LogP) is -1.97. The highest BCUT2D eigenvalue weighted by Crippen LogP contribution is 2.32. The van der Waals surface area contributed by atoms with Crippen LogP contribution in [0.15, 0.2) is 6.33 Å². The van der Waals surface area contributed by atoms with Crippen LogP contribution in [0.25, 0.3) is 11.2 Å². The molecule has 0 spiro atoms. The molecule has 0 saturated carbocycles. The first kappa shape index (κ1) is 13.9. The first-order valence-corrected chi connectivity index (χ1v) is 6.23. The van der Waals surface area contributed by atoms with Crippen molar-refractivity contribution in [1.29, 1.82) is 0 Å². The lowest BCUT2D eigenvalue weighted by Crippen LogP contribution is -2.33. The summed E-state index contributed by atoms with van der Waals surface area (Å²) in [6.07, 6.45) is -2.90. The number of aliphatic hydroxyl groups excluding tert-OH is 3. The molecule has 0 bridgehead atoms. The van der Waals surface area contributed by atoms with Gasteiger partial charge in [-0.2, -0.15) is 9.97 Å². The standard InChI is InChI=1S/C11H15N5O5/c1-20-9-5-8(14-11(12)15-9)16(3-13-5)10-7(19)6(18)4(2-17)21-10/h3-4,6-7,10,17-19H,2H2,1H3,(H2,12,14,15)/t4-,6-,7-,10?/m1/s1. The van der Waals surface area contributed by atoms with Gasteiger partial charge in [0.25, 0.3) is 0 Å². The quantitative estimate of drug-likeness (QED) is 0.506. The van der Waals surface area contributed by atoms with Gasteiger partial charge >= 0.3 is 0 Å². The summed E-state index contributed by atoms with van der Waals surface area (Å²) >= 11 is 0. The summed E-state index contributed by atoms with van der Waals surface area (Å²) in [6.45, 7) is -0.415. The van der Waals surface area contributed by atoms with Gasteiger partial charge in [0, 0.05) is 0 Å². The molecule has 1 saturated heterocycles. The number of aromatic nitrogens is 4. The molecule has 0 radical (unpaired) electrons. The third-order valence-electron chi connectivity index (χ3n) is 3.39. The molecule has 3 heterocycles. The van der Waals surface area contributed by atoms with E-state index >= 15 is 0 Å². The molecule has 10 nitrogen and oxygen atoms in total. The predicted molar refractivity (Wildman–Crippen MR) is 69.3 cm³/mol. The van der Waals surface area contributed by atoms with E-state index in [-0.39, 0.29) is 11.8 Å². The van der Waals surface area contributed by atoms with E-state index in [1.807, 2.05) is 0 Å². The summed E-state index contributed by atoms with van der Waals surface area (Å²) in [5, 5.41) is 29.0. The summed E-state index contributed by atoms with van der Waals surface area (Å²) < 4.78 is 11.9. The van der Waals surface area contributed by atoms with E-state index < -0.39 is 31.1 Å². The summed E-state index contributed by atoms with van der Waals surface area (Å²) in [6, 6.07) is 0. The van der Waals surface area contributed by atoms with Crippen LogP contribution in [0.3, 0.4) is 0 Å². The molecule has 21 heavy (non-hydrogen) atoms. The number of hydrogen-bond acceptors (Lipinski definition) is 9. The van der Waals surface area contributed by atoms with Gasteiger partial charge in [-0.15, -0.1) is 0 Å². The zero-order valence-electron chi connectivity index (χ0n) is 11.1. The lowest BCUT2D eigenvalue weighted by atomic mass is 10.1. The molecule has 1 aliphatic rings. The average Bonchev–Trinajstić information content (AvgIpc) is 3.01. The zero-order valence-corrected chi connectivity index (χ0v) is 11.1. The van der Waals surface area contributed by atoms with E-state index in [1.54, 1.807) is 0 Å². The van der Waals surface area contributed by atoms with Crippen molar-refractivity contribution < 1.29 is 24.8 Å². The van der Waals surface area contributed by atoms with Gasteiger partial charge < -0.3 is 30.5 Å². The Labute approximate surface area is 118 Å². The molecule has 4 atom stereocenters. The Bertz CT molecular complexity index is 662. The molecule has 2 aromatic rings. The van der Waals surface area contributed by atoms with Crippen molar-refractivity contribution in [2.75, 3.05) is 19.5 Å². The molecule has 3 rings (SSSR count). The molecule has 1 unspecified atom stereocenters. The fourth-order valence-corrected chi connectivity index (χ4v) is 2.35. The van der Waals surface area contributed by atoms with Crippen LogP contribution in [-0.4, -0.2) is 66.9 Å². The van der Waals surface area contributed by atoms with Crippen molar-refractivity contribution >= 4 is 17.1 Å². The number of ether oxygens (including phenoxy) is 2. The monoisotopic (exact) mass is 297 g/mol. The van der Waals surface area contributed by atoms with Crippen LogP contribution in [0, 0.1) is 0 Å². The van der Waals surface area contributed by atoms with Gasteiger partial charge in [0.2, 0.25) is 11.8 Å². The van der Waals surface area contributed by atoms with Crippen LogP contribution in [0.1, 0.15) is 6.23 Å². The second-order valence-corrected chi connectivity index (χ2v) is 4.64. The first-order valence-electron chi connectivity index (χ1n) is 6.23. The highest BCUT2D eigenvalue weighted by Gasteiger charge is 2.44. The van der Waals surface area contributed by atoms with Crippen LogP contribution in [0.4, 0.5) is 5.95 Å². The van der Waals surface area contributed by atoms with Gasteiger partial charge in [-0.05, 0) is 0 Å². The van der Waals surface area contributed by atoms with E-state index in [4.69, 9.17) is 20.3 Å². The minimum absolute atomic E-state index is 0.0205. The van der Waals surface area contributed by atoms with Crippen LogP contribution in [-0.2, 0) is 4.74 Å². The second kappa shape index (κ2) is 5.07. The van der Waals surface area contributed by atoms with Crippen LogP contribution >= 0.6 is 0 Å². The van der Waals surface area contributed by atoms with Gasteiger partial charge in [0.05, 0.1) is 20.0 Å². The fraction of sp³-hybridized carbons (Fsp3) is 0.545. The molecule has 1 fully saturated rings. The second-order valence-electron chi connectivity index (χ2n) is 4.64. The number of methoxy groups -OCH3 is 1. The SMILES string of the molecule is COc1nc(N)nc2c1ncn2C1O[C@H](CO)[C@@H](O)[C@H]1O. The van der Waals surface area contributed by atoms with Crippen molar-refractivity contribution in [3.63, 3.8) is 0 Å². The maximum Gasteiger partial charge on any atom is 0.246 e. The number of anilines is 1. The Morgan fingerprint density at radius 2 is 2.14 bits per heavy atom. The van der Waals surface area contributed by atoms with Crippen LogP contribution < -0.4 is 10.5 Å². The number of fused-ring (bicyclic) bond motifs is 1. The van der Waals surface area contributed by atoms with Crippen molar-refractivity contribution in [2.24, 2.45) is 0 Å². The minimum Gasteiger partial charge on any atom is -0.479 e. The van der Waals surface area contributed by atoms with Crippen molar-refractivity contribution in [2.45, 2.75) is 24.5 Å². The van der Waals surface area contributed by atoms with Gasteiger partial charge in [0.15, 0.2) is 17.4 Å². The normalized spacial score (nSPS) is 29.1. The van der Waals surface area contributed by atoms with Crippen molar-refractivity contribution in [3.8, 4) is 5.88 Å². The molecule has 10 heteroatoms. The molecule has 0 aliphatic carbocycles. The van der Waals surface area contributed by atoms with E-state index in [1.165, 1.54) is 18.0 Å². The number of nitrogen functional groups attached to an aromatic ring is 1. The summed E-state index contributed by atoms with van der Waals surface area (Å²) in [5.74, 6) is 0.177. The third kappa shape index (κ3) is 2.08. The molecule has 114 valence electrons. The fourth-order valence-electron chi connectivity index (χ4n) is 2.35. The molecule has 5 N–H and O–H groups in total. The number of nitrogens with zero attached hydrogens (tertiary/aromatic N) is 4. The maximum absolute atomic E-state index is 10.0. The lowest BCUT2D eigenvalue weighted by Gasteiger charge is -2.16. The number of hydrogen-bond donors (Lipinski definition) is 4. The highest BCUT2D eigenvalue weighted by molar-refractivity contribution is 5.77.